The van der Waals surface area contributed by atoms with Crippen molar-refractivity contribution >= 4 is 23.2 Å². The molecule has 0 unspecified atom stereocenters. The molecule has 2 amide bonds. The molecule has 1 saturated heterocycles. The normalized spacial score (nSPS) is 19.5. The van der Waals surface area contributed by atoms with E-state index in [0.29, 0.717) is 31.9 Å². The first-order chi connectivity index (χ1) is 14.1. The van der Waals surface area contributed by atoms with Gasteiger partial charge in [-0.15, -0.1) is 11.3 Å². The van der Waals surface area contributed by atoms with Crippen molar-refractivity contribution in [1.29, 1.82) is 0 Å². The number of nitrogens with zero attached hydrogens (tertiary/aromatic N) is 2. The Hall–Kier alpha value is -2.61. The third-order valence-electron chi connectivity index (χ3n) is 5.32. The topological polar surface area (TPSA) is 80.8 Å². The molecule has 2 atom stereocenters. The Morgan fingerprint density at radius 3 is 2.90 bits per heavy atom. The van der Waals surface area contributed by atoms with Gasteiger partial charge in [-0.25, -0.2) is 4.98 Å². The van der Waals surface area contributed by atoms with Gasteiger partial charge in [0.15, 0.2) is 11.5 Å². The minimum absolute atomic E-state index is 0.0788. The van der Waals surface area contributed by atoms with Crippen LogP contribution in [0.5, 0.6) is 11.5 Å². The van der Waals surface area contributed by atoms with E-state index in [4.69, 9.17) is 9.47 Å². The maximum absolute atomic E-state index is 13.0. The van der Waals surface area contributed by atoms with Crippen LogP contribution in [0.15, 0.2) is 29.8 Å². The summed E-state index contributed by atoms with van der Waals surface area (Å²) in [5.74, 6) is 1.60. The van der Waals surface area contributed by atoms with Crippen molar-refractivity contribution in [3.05, 3.63) is 40.3 Å². The second-order valence-electron chi connectivity index (χ2n) is 7.45. The maximum atomic E-state index is 13.0. The van der Waals surface area contributed by atoms with Crippen molar-refractivity contribution in [2.75, 3.05) is 26.3 Å². The summed E-state index contributed by atoms with van der Waals surface area (Å²) in [5, 5.41) is 5.85. The highest BCUT2D eigenvalue weighted by Gasteiger charge is 2.32. The lowest BCUT2D eigenvalue weighted by Gasteiger charge is -2.36. The highest BCUT2D eigenvalue weighted by molar-refractivity contribution is 7.09. The number of benzene rings is 1. The van der Waals surface area contributed by atoms with E-state index < -0.39 is 0 Å². The summed E-state index contributed by atoms with van der Waals surface area (Å²) in [7, 11) is 0. The number of carbonyl (C=O) groups is 2. The lowest BCUT2D eigenvalue weighted by atomic mass is 9.90. The van der Waals surface area contributed by atoms with Gasteiger partial charge in [0.1, 0.15) is 18.2 Å². The smallest absolute Gasteiger partial charge is 0.227 e. The molecule has 0 aliphatic carbocycles. The number of fused-ring (bicyclic) bond motifs is 1. The molecule has 0 saturated carbocycles. The van der Waals surface area contributed by atoms with Gasteiger partial charge in [0.05, 0.1) is 12.5 Å². The van der Waals surface area contributed by atoms with Gasteiger partial charge >= 0.3 is 0 Å². The number of thiazole rings is 1. The molecule has 2 aromatic rings. The van der Waals surface area contributed by atoms with Gasteiger partial charge in [-0.3, -0.25) is 9.59 Å². The number of likely N-dealkylation sites (tertiary alicyclic amines) is 1. The molecule has 1 fully saturated rings. The lowest BCUT2D eigenvalue weighted by molar-refractivity contribution is -0.132. The second kappa shape index (κ2) is 8.82. The molecule has 2 aliphatic rings. The number of ether oxygens (including phenoxy) is 2. The lowest BCUT2D eigenvalue weighted by Crippen LogP contribution is -2.45. The molecule has 1 aromatic heterocycles. The molecular weight excluding hydrogens is 390 g/mol. The van der Waals surface area contributed by atoms with Gasteiger partial charge in [-0.1, -0.05) is 6.07 Å². The minimum Gasteiger partial charge on any atom is -0.486 e. The van der Waals surface area contributed by atoms with Crippen LogP contribution in [0.4, 0.5) is 0 Å². The summed E-state index contributed by atoms with van der Waals surface area (Å²) in [5.41, 5.74) is 0.916. The van der Waals surface area contributed by atoms with E-state index >= 15 is 0 Å². The van der Waals surface area contributed by atoms with Crippen LogP contribution in [0.2, 0.25) is 0 Å². The van der Waals surface area contributed by atoms with Crippen LogP contribution < -0.4 is 14.8 Å². The van der Waals surface area contributed by atoms with Crippen LogP contribution in [0, 0.1) is 5.92 Å². The van der Waals surface area contributed by atoms with Crippen LogP contribution in [0.1, 0.15) is 36.4 Å². The van der Waals surface area contributed by atoms with Crippen molar-refractivity contribution in [1.82, 2.24) is 15.2 Å². The average molecular weight is 416 g/mol. The first-order valence-corrected chi connectivity index (χ1v) is 10.8. The molecule has 8 heteroatoms. The Bertz CT molecular complexity index is 871. The molecule has 1 aromatic carbocycles. The Kier molecular flexibility index (Phi) is 5.99. The Morgan fingerprint density at radius 2 is 2.14 bits per heavy atom. The van der Waals surface area contributed by atoms with E-state index in [2.05, 4.69) is 10.3 Å². The third-order valence-corrected chi connectivity index (χ3v) is 6.18. The van der Waals surface area contributed by atoms with E-state index in [1.54, 1.807) is 6.20 Å². The van der Waals surface area contributed by atoms with Crippen molar-refractivity contribution in [2.45, 2.75) is 32.2 Å². The quantitative estimate of drug-likeness (QED) is 0.812. The number of amides is 2. The second-order valence-corrected chi connectivity index (χ2v) is 8.37. The van der Waals surface area contributed by atoms with Crippen LogP contribution in [0.3, 0.4) is 0 Å². The van der Waals surface area contributed by atoms with Crippen molar-refractivity contribution in [3.63, 3.8) is 0 Å². The molecule has 1 N–H and O–H groups in total. The van der Waals surface area contributed by atoms with Crippen molar-refractivity contribution < 1.29 is 19.1 Å². The van der Waals surface area contributed by atoms with Crippen LogP contribution in [-0.4, -0.2) is 48.0 Å². The zero-order valence-corrected chi connectivity index (χ0v) is 17.2. The van der Waals surface area contributed by atoms with Crippen LogP contribution in [0.25, 0.3) is 0 Å². The number of nitrogens with one attached hydrogen (secondary N) is 1. The number of hydrogen-bond acceptors (Lipinski definition) is 6. The largest absolute Gasteiger partial charge is 0.486 e. The fourth-order valence-corrected chi connectivity index (χ4v) is 4.76. The summed E-state index contributed by atoms with van der Waals surface area (Å²) in [4.78, 5) is 31.0. The zero-order chi connectivity index (χ0) is 20.2. The molecule has 29 heavy (non-hydrogen) atoms. The van der Waals surface area contributed by atoms with Gasteiger partial charge in [-0.05, 0) is 30.5 Å². The molecule has 2 aliphatic heterocycles. The van der Waals surface area contributed by atoms with E-state index in [9.17, 15) is 9.59 Å². The van der Waals surface area contributed by atoms with Gasteiger partial charge < -0.3 is 19.7 Å². The van der Waals surface area contributed by atoms with Crippen LogP contribution >= 0.6 is 11.3 Å². The number of rotatable bonds is 5. The zero-order valence-electron chi connectivity index (χ0n) is 16.4. The predicted octanol–water partition coefficient (Wildman–Crippen LogP) is 2.57. The van der Waals surface area contributed by atoms with E-state index in [1.165, 1.54) is 18.3 Å². The maximum Gasteiger partial charge on any atom is 0.227 e. The summed E-state index contributed by atoms with van der Waals surface area (Å²) >= 11 is 1.54. The summed E-state index contributed by atoms with van der Waals surface area (Å²) in [6, 6.07) is 5.52. The number of hydrogen-bond donors (Lipinski definition) is 1. The molecular formula is C21H25N3O4S. The minimum atomic E-state index is -0.155. The Balaban J connectivity index is 1.43. The molecule has 0 spiro atoms. The Morgan fingerprint density at radius 1 is 1.31 bits per heavy atom. The summed E-state index contributed by atoms with van der Waals surface area (Å²) < 4.78 is 11.2. The molecule has 0 radical (unpaired) electrons. The predicted molar refractivity (Wildman–Crippen MR) is 109 cm³/mol. The van der Waals surface area contributed by atoms with E-state index in [-0.39, 0.29) is 23.8 Å². The highest BCUT2D eigenvalue weighted by atomic mass is 32.1. The molecule has 7 nitrogen and oxygen atoms in total. The van der Waals surface area contributed by atoms with Gasteiger partial charge in [0.2, 0.25) is 11.8 Å². The first-order valence-electron chi connectivity index (χ1n) is 9.93. The first kappa shape index (κ1) is 19.7. The van der Waals surface area contributed by atoms with Gasteiger partial charge in [-0.2, -0.15) is 0 Å². The third kappa shape index (κ3) is 4.70. The van der Waals surface area contributed by atoms with E-state index in [1.807, 2.05) is 28.5 Å². The standard InChI is InChI=1S/C21H25N3O4S/c1-14(25)23-20(21-22-6-10-29-21)16-3-2-7-24(13-16)19(26)12-15-4-5-17-18(11-15)28-9-8-27-17/h4-6,10-11,16,20H,2-3,7-9,12-13H2,1H3,(H,23,25)/t16-,20-/m0/s1. The fourth-order valence-electron chi connectivity index (χ4n) is 3.98. The van der Waals surface area contributed by atoms with Gasteiger partial charge in [0, 0.05) is 37.5 Å². The summed E-state index contributed by atoms with van der Waals surface area (Å²) in [6.45, 7) is 3.96. The average Bonchev–Trinajstić information content (AvgIpc) is 3.26. The number of aromatic nitrogens is 1. The highest BCUT2D eigenvalue weighted by Crippen LogP contribution is 2.33. The molecule has 4 rings (SSSR count). The van der Waals surface area contributed by atoms with Crippen molar-refractivity contribution in [3.8, 4) is 11.5 Å². The van der Waals surface area contributed by atoms with Crippen LogP contribution in [-0.2, 0) is 16.0 Å². The fraction of sp³-hybridized carbons (Fsp3) is 0.476. The monoisotopic (exact) mass is 415 g/mol. The summed E-state index contributed by atoms with van der Waals surface area (Å²) in [6.07, 6.45) is 3.95. The molecule has 3 heterocycles. The number of piperidine rings is 1. The molecule has 0 bridgehead atoms. The molecule has 154 valence electrons. The van der Waals surface area contributed by atoms with E-state index in [0.717, 1.165) is 35.7 Å². The SMILES string of the molecule is CC(=O)N[C@H](c1nccs1)[C@H]1CCCN(C(=O)Cc2ccc3c(c2)OCCO3)C1. The van der Waals surface area contributed by atoms with Gasteiger partial charge in [0.25, 0.3) is 0 Å². The number of carbonyl (C=O) groups excluding carboxylic acids is 2. The van der Waals surface area contributed by atoms with Crippen molar-refractivity contribution in [2.24, 2.45) is 5.92 Å². The Labute approximate surface area is 174 Å².